The van der Waals surface area contributed by atoms with Crippen LogP contribution in [-0.2, 0) is 0 Å². The first kappa shape index (κ1) is 14.2. The molecule has 1 heterocycles. The van der Waals surface area contributed by atoms with E-state index in [9.17, 15) is 14.9 Å². The summed E-state index contributed by atoms with van der Waals surface area (Å²) in [5.41, 5.74) is 0.882. The Labute approximate surface area is 118 Å². The van der Waals surface area contributed by atoms with E-state index in [1.165, 1.54) is 18.2 Å². The summed E-state index contributed by atoms with van der Waals surface area (Å²) in [7, 11) is 0. The number of rotatable bonds is 3. The normalized spacial score (nSPS) is 15.9. The fourth-order valence-corrected chi connectivity index (χ4v) is 2.38. The summed E-state index contributed by atoms with van der Waals surface area (Å²) >= 11 is 0. The third-order valence-electron chi connectivity index (χ3n) is 3.70. The molecule has 0 saturated carbocycles. The molecule has 20 heavy (non-hydrogen) atoms. The highest BCUT2D eigenvalue weighted by Gasteiger charge is 2.23. The van der Waals surface area contributed by atoms with Crippen molar-refractivity contribution >= 4 is 17.7 Å². The molecule has 0 spiro atoms. The van der Waals surface area contributed by atoms with Crippen LogP contribution < -0.4 is 0 Å². The number of nitro benzene ring substituents is 1. The first-order chi connectivity index (χ1) is 9.51. The van der Waals surface area contributed by atoms with E-state index in [0.717, 1.165) is 12.8 Å². The van der Waals surface area contributed by atoms with Gasteiger partial charge in [0.25, 0.3) is 11.6 Å². The molecule has 0 unspecified atom stereocenters. The van der Waals surface area contributed by atoms with E-state index in [2.05, 4.69) is 13.5 Å². The van der Waals surface area contributed by atoms with Crippen LogP contribution in [0, 0.1) is 16.0 Å². The smallest absolute Gasteiger partial charge is 0.270 e. The van der Waals surface area contributed by atoms with Crippen LogP contribution in [0.4, 0.5) is 5.69 Å². The molecule has 1 saturated heterocycles. The molecule has 2 rings (SSSR count). The van der Waals surface area contributed by atoms with Gasteiger partial charge in [-0.05, 0) is 30.4 Å². The zero-order valence-corrected chi connectivity index (χ0v) is 11.5. The first-order valence-corrected chi connectivity index (χ1v) is 6.72. The molecule has 1 aromatic rings. The third-order valence-corrected chi connectivity index (χ3v) is 3.70. The number of hydrogen-bond donors (Lipinski definition) is 0. The van der Waals surface area contributed by atoms with Crippen LogP contribution >= 0.6 is 0 Å². The molecule has 0 radical (unpaired) electrons. The summed E-state index contributed by atoms with van der Waals surface area (Å²) in [5.74, 6) is 0.497. The zero-order chi connectivity index (χ0) is 14.7. The largest absolute Gasteiger partial charge is 0.339 e. The number of carbonyl (C=O) groups excluding carboxylic acids is 1. The maximum atomic E-state index is 12.4. The van der Waals surface area contributed by atoms with E-state index < -0.39 is 4.92 Å². The summed E-state index contributed by atoms with van der Waals surface area (Å²) in [5, 5.41) is 10.9. The van der Waals surface area contributed by atoms with Crippen LogP contribution in [0.2, 0.25) is 0 Å². The monoisotopic (exact) mass is 274 g/mol. The minimum atomic E-state index is -0.484. The van der Waals surface area contributed by atoms with Crippen LogP contribution in [-0.4, -0.2) is 28.8 Å². The fraction of sp³-hybridized carbons (Fsp3) is 0.400. The predicted octanol–water partition coefficient (Wildman–Crippen LogP) is 3.11. The van der Waals surface area contributed by atoms with Gasteiger partial charge in [0.2, 0.25) is 0 Å². The van der Waals surface area contributed by atoms with Crippen molar-refractivity contribution in [1.29, 1.82) is 0 Å². The molecule has 0 aliphatic carbocycles. The summed E-state index contributed by atoms with van der Waals surface area (Å²) in [4.78, 5) is 24.6. The Bertz CT molecular complexity index is 546. The lowest BCUT2D eigenvalue weighted by atomic mass is 9.98. The number of nitrogens with zero attached hydrogens (tertiary/aromatic N) is 2. The number of benzene rings is 1. The molecule has 1 aromatic carbocycles. The van der Waals surface area contributed by atoms with Crippen molar-refractivity contribution in [3.8, 4) is 0 Å². The van der Waals surface area contributed by atoms with Crippen molar-refractivity contribution in [2.45, 2.75) is 19.8 Å². The molecule has 0 atom stereocenters. The standard InChI is InChI=1S/C15H18N2O3/c1-3-12-8-13(10-14(9-12)17(19)20)15(18)16-6-4-11(2)5-7-16/h3,8-11H,1,4-7H2,2H3. The highest BCUT2D eigenvalue weighted by molar-refractivity contribution is 5.95. The average Bonchev–Trinajstić information content (AvgIpc) is 2.46. The minimum Gasteiger partial charge on any atom is -0.339 e. The van der Waals surface area contributed by atoms with Crippen LogP contribution in [0.1, 0.15) is 35.7 Å². The number of amides is 1. The third kappa shape index (κ3) is 3.04. The molecule has 0 N–H and O–H groups in total. The molecule has 5 nitrogen and oxygen atoms in total. The molecule has 106 valence electrons. The maximum Gasteiger partial charge on any atom is 0.270 e. The minimum absolute atomic E-state index is 0.0730. The van der Waals surface area contributed by atoms with E-state index >= 15 is 0 Å². The average molecular weight is 274 g/mol. The van der Waals surface area contributed by atoms with Gasteiger partial charge in [-0.1, -0.05) is 19.6 Å². The highest BCUT2D eigenvalue weighted by Crippen LogP contribution is 2.22. The van der Waals surface area contributed by atoms with Crippen LogP contribution in [0.25, 0.3) is 6.08 Å². The van der Waals surface area contributed by atoms with E-state index in [0.29, 0.717) is 30.1 Å². The van der Waals surface area contributed by atoms with Crippen molar-refractivity contribution in [1.82, 2.24) is 4.90 Å². The molecular weight excluding hydrogens is 256 g/mol. The fourth-order valence-electron chi connectivity index (χ4n) is 2.38. The summed E-state index contributed by atoms with van der Waals surface area (Å²) in [6.45, 7) is 7.21. The van der Waals surface area contributed by atoms with Gasteiger partial charge in [0.15, 0.2) is 0 Å². The van der Waals surface area contributed by atoms with Crippen molar-refractivity contribution in [3.05, 3.63) is 46.0 Å². The highest BCUT2D eigenvalue weighted by atomic mass is 16.6. The van der Waals surface area contributed by atoms with Gasteiger partial charge in [-0.15, -0.1) is 0 Å². The van der Waals surface area contributed by atoms with Gasteiger partial charge in [0.1, 0.15) is 0 Å². The van der Waals surface area contributed by atoms with E-state index in [4.69, 9.17) is 0 Å². The lowest BCUT2D eigenvalue weighted by Crippen LogP contribution is -2.37. The maximum absolute atomic E-state index is 12.4. The quantitative estimate of drug-likeness (QED) is 0.628. The molecule has 1 aliphatic rings. The zero-order valence-electron chi connectivity index (χ0n) is 11.5. The topological polar surface area (TPSA) is 63.5 Å². The molecule has 1 amide bonds. The Morgan fingerprint density at radius 1 is 1.40 bits per heavy atom. The van der Waals surface area contributed by atoms with E-state index in [1.54, 1.807) is 11.0 Å². The molecule has 0 bridgehead atoms. The van der Waals surface area contributed by atoms with Gasteiger partial charge in [0.05, 0.1) is 4.92 Å². The molecule has 1 aliphatic heterocycles. The van der Waals surface area contributed by atoms with Crippen molar-refractivity contribution in [2.24, 2.45) is 5.92 Å². The van der Waals surface area contributed by atoms with Gasteiger partial charge in [-0.25, -0.2) is 0 Å². The van der Waals surface area contributed by atoms with E-state index in [1.807, 2.05) is 0 Å². The van der Waals surface area contributed by atoms with Gasteiger partial charge < -0.3 is 4.90 Å². The SMILES string of the molecule is C=Cc1cc(C(=O)N2CCC(C)CC2)cc([N+](=O)[O-])c1. The molecule has 1 fully saturated rings. The Kier molecular flexibility index (Phi) is 4.17. The van der Waals surface area contributed by atoms with Gasteiger partial charge in [-0.3, -0.25) is 14.9 Å². The number of likely N-dealkylation sites (tertiary alicyclic amines) is 1. The molecular formula is C15H18N2O3. The second-order valence-electron chi connectivity index (χ2n) is 5.25. The Hall–Kier alpha value is -2.17. The van der Waals surface area contributed by atoms with Crippen molar-refractivity contribution in [3.63, 3.8) is 0 Å². The lowest BCUT2D eigenvalue weighted by molar-refractivity contribution is -0.384. The molecule has 5 heteroatoms. The van der Waals surface area contributed by atoms with Crippen molar-refractivity contribution in [2.75, 3.05) is 13.1 Å². The number of hydrogen-bond acceptors (Lipinski definition) is 3. The summed E-state index contributed by atoms with van der Waals surface area (Å²) in [6, 6.07) is 4.41. The van der Waals surface area contributed by atoms with Gasteiger partial charge in [-0.2, -0.15) is 0 Å². The second kappa shape index (κ2) is 5.86. The number of nitro groups is 1. The second-order valence-corrected chi connectivity index (χ2v) is 5.25. The number of carbonyl (C=O) groups is 1. The Balaban J connectivity index is 2.27. The first-order valence-electron chi connectivity index (χ1n) is 6.72. The Morgan fingerprint density at radius 2 is 2.05 bits per heavy atom. The van der Waals surface area contributed by atoms with Crippen LogP contribution in [0.5, 0.6) is 0 Å². The Morgan fingerprint density at radius 3 is 2.60 bits per heavy atom. The van der Waals surface area contributed by atoms with Crippen LogP contribution in [0.3, 0.4) is 0 Å². The van der Waals surface area contributed by atoms with Gasteiger partial charge in [0, 0.05) is 30.8 Å². The number of piperidine rings is 1. The van der Waals surface area contributed by atoms with Crippen molar-refractivity contribution < 1.29 is 9.72 Å². The lowest BCUT2D eigenvalue weighted by Gasteiger charge is -2.30. The predicted molar refractivity (Wildman–Crippen MR) is 77.5 cm³/mol. The summed E-state index contributed by atoms with van der Waals surface area (Å²) in [6.07, 6.45) is 3.48. The molecule has 0 aromatic heterocycles. The van der Waals surface area contributed by atoms with Crippen LogP contribution in [0.15, 0.2) is 24.8 Å². The van der Waals surface area contributed by atoms with E-state index in [-0.39, 0.29) is 11.6 Å². The van der Waals surface area contributed by atoms with Gasteiger partial charge >= 0.3 is 0 Å². The summed E-state index contributed by atoms with van der Waals surface area (Å²) < 4.78 is 0. The number of non-ortho nitro benzene ring substituents is 1.